The molecule has 1 amide bonds. The first-order chi connectivity index (χ1) is 12.4. The van der Waals surface area contributed by atoms with Crippen molar-refractivity contribution in [3.63, 3.8) is 0 Å². The molecule has 142 valence electrons. The van der Waals surface area contributed by atoms with Crippen LogP contribution in [-0.2, 0) is 10.5 Å². The number of nitrogens with zero attached hydrogens (tertiary/aromatic N) is 3. The monoisotopic (exact) mass is 394 g/mol. The minimum atomic E-state index is -0.143. The zero-order valence-electron chi connectivity index (χ0n) is 15.8. The van der Waals surface area contributed by atoms with Gasteiger partial charge in [0.1, 0.15) is 10.7 Å². The Bertz CT molecular complexity index is 853. The second-order valence-corrected chi connectivity index (χ2v) is 9.22. The molecule has 3 heterocycles. The number of aromatic amines is 1. The molecular formula is C18H26N4O2S2. The van der Waals surface area contributed by atoms with Crippen molar-refractivity contribution in [1.82, 2.24) is 19.8 Å². The fourth-order valence-electron chi connectivity index (χ4n) is 3.18. The van der Waals surface area contributed by atoms with Crippen LogP contribution in [0.15, 0.2) is 4.79 Å². The fraction of sp³-hybridized carbons (Fsp3) is 0.611. The number of aryl methyl sites for hydroxylation is 2. The highest BCUT2D eigenvalue weighted by Crippen LogP contribution is 2.26. The third kappa shape index (κ3) is 3.97. The third-order valence-electron chi connectivity index (χ3n) is 5.04. The smallest absolute Gasteiger partial charge is 0.259 e. The van der Waals surface area contributed by atoms with E-state index in [0.717, 1.165) is 48.0 Å². The normalized spacial score (nSPS) is 17.0. The summed E-state index contributed by atoms with van der Waals surface area (Å²) < 4.78 is 0. The Morgan fingerprint density at radius 2 is 2.00 bits per heavy atom. The van der Waals surface area contributed by atoms with Gasteiger partial charge in [0, 0.05) is 31.1 Å². The predicted molar refractivity (Wildman–Crippen MR) is 109 cm³/mol. The van der Waals surface area contributed by atoms with Crippen LogP contribution in [0.5, 0.6) is 0 Å². The van der Waals surface area contributed by atoms with Gasteiger partial charge < -0.3 is 14.8 Å². The maximum atomic E-state index is 12.6. The second kappa shape index (κ2) is 8.10. The molecule has 1 N–H and O–H groups in total. The van der Waals surface area contributed by atoms with Gasteiger partial charge in [0.15, 0.2) is 0 Å². The van der Waals surface area contributed by atoms with Gasteiger partial charge in [0.2, 0.25) is 5.91 Å². The van der Waals surface area contributed by atoms with Gasteiger partial charge in [-0.2, -0.15) is 0 Å². The summed E-state index contributed by atoms with van der Waals surface area (Å²) in [5.41, 5.74) is 0.926. The molecule has 3 rings (SSSR count). The van der Waals surface area contributed by atoms with Crippen LogP contribution >= 0.6 is 23.1 Å². The minimum Gasteiger partial charge on any atom is -0.339 e. The highest BCUT2D eigenvalue weighted by molar-refractivity contribution is 7.99. The Morgan fingerprint density at radius 1 is 1.31 bits per heavy atom. The summed E-state index contributed by atoms with van der Waals surface area (Å²) in [5.74, 6) is 1.35. The number of aromatic nitrogens is 2. The van der Waals surface area contributed by atoms with E-state index < -0.39 is 0 Å². The van der Waals surface area contributed by atoms with Crippen molar-refractivity contribution in [3.8, 4) is 0 Å². The number of rotatable bonds is 5. The molecule has 6 nitrogen and oxygen atoms in total. The van der Waals surface area contributed by atoms with E-state index in [9.17, 15) is 9.59 Å². The maximum absolute atomic E-state index is 12.6. The van der Waals surface area contributed by atoms with Gasteiger partial charge in [-0.05, 0) is 32.9 Å². The standard InChI is InChI=1S/C18H26N4O2S2/c1-5-21-6-8-22(9-7-21)18(24)13(4)25-10-14-19-16(23)15-11(2)12(3)26-17(15)20-14/h13H,5-10H2,1-4H3,(H,19,20,23)/t13-/m0/s1. The number of fused-ring (bicyclic) bond motifs is 1. The number of carbonyl (C=O) groups is 1. The van der Waals surface area contributed by atoms with Crippen LogP contribution in [0.4, 0.5) is 0 Å². The van der Waals surface area contributed by atoms with Crippen molar-refractivity contribution in [3.05, 3.63) is 26.6 Å². The van der Waals surface area contributed by atoms with Gasteiger partial charge in [0.05, 0.1) is 16.4 Å². The first-order valence-electron chi connectivity index (χ1n) is 9.02. The largest absolute Gasteiger partial charge is 0.339 e. The molecule has 0 aromatic carbocycles. The molecular weight excluding hydrogens is 368 g/mol. The number of thiophene rings is 1. The summed E-state index contributed by atoms with van der Waals surface area (Å²) in [7, 11) is 0. The molecule has 0 unspecified atom stereocenters. The van der Waals surface area contributed by atoms with Crippen LogP contribution in [0.25, 0.3) is 10.2 Å². The van der Waals surface area contributed by atoms with E-state index in [4.69, 9.17) is 0 Å². The molecule has 26 heavy (non-hydrogen) atoms. The molecule has 1 aliphatic heterocycles. The number of hydrogen-bond acceptors (Lipinski definition) is 6. The van der Waals surface area contributed by atoms with Gasteiger partial charge in [-0.15, -0.1) is 23.1 Å². The van der Waals surface area contributed by atoms with Gasteiger partial charge >= 0.3 is 0 Å². The number of hydrogen-bond donors (Lipinski definition) is 1. The fourth-order valence-corrected chi connectivity index (χ4v) is 5.07. The van der Waals surface area contributed by atoms with Crippen LogP contribution in [-0.4, -0.2) is 63.6 Å². The average molecular weight is 395 g/mol. The van der Waals surface area contributed by atoms with Crippen molar-refractivity contribution >= 4 is 39.2 Å². The lowest BCUT2D eigenvalue weighted by Crippen LogP contribution is -2.50. The van der Waals surface area contributed by atoms with E-state index >= 15 is 0 Å². The summed E-state index contributed by atoms with van der Waals surface area (Å²) in [6, 6.07) is 0. The van der Waals surface area contributed by atoms with E-state index in [1.54, 1.807) is 11.3 Å². The molecule has 0 aliphatic carbocycles. The van der Waals surface area contributed by atoms with Gasteiger partial charge in [-0.1, -0.05) is 6.92 Å². The lowest BCUT2D eigenvalue weighted by atomic mass is 10.2. The van der Waals surface area contributed by atoms with Gasteiger partial charge in [0.25, 0.3) is 5.56 Å². The van der Waals surface area contributed by atoms with Crippen LogP contribution < -0.4 is 5.56 Å². The van der Waals surface area contributed by atoms with E-state index in [2.05, 4.69) is 21.8 Å². The lowest BCUT2D eigenvalue weighted by molar-refractivity contribution is -0.132. The number of nitrogens with one attached hydrogen (secondary N) is 1. The first kappa shape index (κ1) is 19.4. The van der Waals surface area contributed by atoms with Crippen molar-refractivity contribution in [1.29, 1.82) is 0 Å². The molecule has 0 bridgehead atoms. The molecule has 2 aromatic rings. The minimum absolute atomic E-state index is 0.0814. The van der Waals surface area contributed by atoms with Crippen LogP contribution in [0.2, 0.25) is 0 Å². The zero-order valence-corrected chi connectivity index (χ0v) is 17.4. The van der Waals surface area contributed by atoms with Crippen LogP contribution in [0.3, 0.4) is 0 Å². The Labute approximate surface area is 162 Å². The van der Waals surface area contributed by atoms with Crippen LogP contribution in [0, 0.1) is 13.8 Å². The number of piperazine rings is 1. The predicted octanol–water partition coefficient (Wildman–Crippen LogP) is 2.39. The maximum Gasteiger partial charge on any atom is 0.259 e. The molecule has 1 aliphatic rings. The summed E-state index contributed by atoms with van der Waals surface area (Å²) in [5, 5.41) is 0.551. The topological polar surface area (TPSA) is 69.3 Å². The number of thioether (sulfide) groups is 1. The van der Waals surface area contributed by atoms with Crippen molar-refractivity contribution in [2.45, 2.75) is 38.7 Å². The zero-order chi connectivity index (χ0) is 18.8. The number of amides is 1. The summed E-state index contributed by atoms with van der Waals surface area (Å²) in [4.78, 5) is 38.7. The Kier molecular flexibility index (Phi) is 6.04. The van der Waals surface area contributed by atoms with E-state index in [1.807, 2.05) is 25.7 Å². The Hall–Kier alpha value is -1.38. The molecule has 1 fully saturated rings. The highest BCUT2D eigenvalue weighted by Gasteiger charge is 2.25. The quantitative estimate of drug-likeness (QED) is 0.843. The molecule has 0 radical (unpaired) electrons. The lowest BCUT2D eigenvalue weighted by Gasteiger charge is -2.35. The average Bonchev–Trinajstić information content (AvgIpc) is 2.93. The van der Waals surface area contributed by atoms with Crippen molar-refractivity contribution < 1.29 is 4.79 Å². The molecule has 0 saturated carbocycles. The molecule has 8 heteroatoms. The number of likely N-dealkylation sites (N-methyl/N-ethyl adjacent to an activating group) is 1. The summed E-state index contributed by atoms with van der Waals surface area (Å²) >= 11 is 3.09. The summed E-state index contributed by atoms with van der Waals surface area (Å²) in [6.07, 6.45) is 0. The Morgan fingerprint density at radius 3 is 2.65 bits per heavy atom. The van der Waals surface area contributed by atoms with E-state index in [1.165, 1.54) is 11.8 Å². The first-order valence-corrected chi connectivity index (χ1v) is 10.9. The molecule has 1 atom stereocenters. The SMILES string of the molecule is CCN1CCN(C(=O)[C@H](C)SCc2nc3sc(C)c(C)c3c(=O)[nH]2)CC1. The van der Waals surface area contributed by atoms with Crippen molar-refractivity contribution in [2.75, 3.05) is 32.7 Å². The van der Waals surface area contributed by atoms with Gasteiger partial charge in [-0.25, -0.2) is 4.98 Å². The second-order valence-electron chi connectivity index (χ2n) is 6.69. The number of carbonyl (C=O) groups excluding carboxylic acids is 1. The van der Waals surface area contributed by atoms with Crippen molar-refractivity contribution in [2.24, 2.45) is 0 Å². The molecule has 1 saturated heterocycles. The van der Waals surface area contributed by atoms with E-state index in [-0.39, 0.29) is 16.7 Å². The van der Waals surface area contributed by atoms with E-state index in [0.29, 0.717) is 17.0 Å². The van der Waals surface area contributed by atoms with Gasteiger partial charge in [-0.3, -0.25) is 9.59 Å². The third-order valence-corrected chi connectivity index (χ3v) is 7.28. The number of H-pyrrole nitrogens is 1. The Balaban J connectivity index is 1.62. The molecule has 0 spiro atoms. The van der Waals surface area contributed by atoms with Crippen LogP contribution in [0.1, 0.15) is 30.1 Å². The molecule has 2 aromatic heterocycles. The highest BCUT2D eigenvalue weighted by atomic mass is 32.2. The summed E-state index contributed by atoms with van der Waals surface area (Å²) in [6.45, 7) is 12.6.